The van der Waals surface area contributed by atoms with E-state index >= 15 is 0 Å². The molecule has 1 heterocycles. The minimum absolute atomic E-state index is 0.0436. The van der Waals surface area contributed by atoms with Gasteiger partial charge >= 0.3 is 0 Å². The van der Waals surface area contributed by atoms with Gasteiger partial charge in [-0.3, -0.25) is 4.18 Å². The Balaban J connectivity index is 1.71. The van der Waals surface area contributed by atoms with Crippen LogP contribution in [-0.2, 0) is 19.0 Å². The standard InChI is InChI=1S/C25H28O4PS/c1-31(26,27)28-19-21-17-18-22(29-21)20-30(23-11-5-2-6-12-23,24-13-7-3-8-14-24)25-15-9-4-10-16-25/h2-16,21-22H,17-20H2,1H3/q+1. The van der Waals surface area contributed by atoms with Crippen molar-refractivity contribution in [1.82, 2.24) is 0 Å². The molecule has 3 aromatic rings. The van der Waals surface area contributed by atoms with Crippen LogP contribution in [0.15, 0.2) is 91.0 Å². The minimum atomic E-state index is -3.47. The van der Waals surface area contributed by atoms with Gasteiger partial charge in [0.1, 0.15) is 23.2 Å². The van der Waals surface area contributed by atoms with Gasteiger partial charge in [0.15, 0.2) is 0 Å². The van der Waals surface area contributed by atoms with Crippen LogP contribution in [0.25, 0.3) is 0 Å². The molecule has 31 heavy (non-hydrogen) atoms. The third-order valence-electron chi connectivity index (χ3n) is 5.73. The summed E-state index contributed by atoms with van der Waals surface area (Å²) in [6.45, 7) is 0.0861. The molecule has 0 amide bonds. The highest BCUT2D eigenvalue weighted by Gasteiger charge is 2.48. The van der Waals surface area contributed by atoms with E-state index in [1.165, 1.54) is 15.9 Å². The maximum Gasteiger partial charge on any atom is 0.264 e. The van der Waals surface area contributed by atoms with E-state index in [9.17, 15) is 8.42 Å². The van der Waals surface area contributed by atoms with Crippen LogP contribution in [-0.4, -0.2) is 39.7 Å². The third kappa shape index (κ3) is 5.24. The van der Waals surface area contributed by atoms with E-state index < -0.39 is 17.4 Å². The highest BCUT2D eigenvalue weighted by molar-refractivity contribution is 7.95. The Labute approximate surface area is 185 Å². The van der Waals surface area contributed by atoms with Gasteiger partial charge in [0.2, 0.25) is 0 Å². The lowest BCUT2D eigenvalue weighted by Gasteiger charge is -2.30. The summed E-state index contributed by atoms with van der Waals surface area (Å²) < 4.78 is 34.1. The van der Waals surface area contributed by atoms with Crippen molar-refractivity contribution in [1.29, 1.82) is 0 Å². The van der Waals surface area contributed by atoms with E-state index in [1.54, 1.807) is 0 Å². The molecule has 162 valence electrons. The molecule has 3 aromatic carbocycles. The van der Waals surface area contributed by atoms with Crippen LogP contribution in [0.3, 0.4) is 0 Å². The summed E-state index contributed by atoms with van der Waals surface area (Å²) in [5, 5.41) is 3.98. The van der Waals surface area contributed by atoms with Crippen molar-refractivity contribution in [2.75, 3.05) is 19.0 Å². The Morgan fingerprint density at radius 1 is 0.774 bits per heavy atom. The van der Waals surface area contributed by atoms with Crippen molar-refractivity contribution >= 4 is 33.3 Å². The van der Waals surface area contributed by atoms with Gasteiger partial charge in [0, 0.05) is 0 Å². The topological polar surface area (TPSA) is 52.6 Å². The lowest BCUT2D eigenvalue weighted by Crippen LogP contribution is -2.37. The highest BCUT2D eigenvalue weighted by Crippen LogP contribution is 2.56. The maximum absolute atomic E-state index is 11.4. The molecule has 0 saturated carbocycles. The van der Waals surface area contributed by atoms with Crippen LogP contribution in [0, 0.1) is 0 Å². The number of benzene rings is 3. The first-order valence-corrected chi connectivity index (χ1v) is 14.3. The lowest BCUT2D eigenvalue weighted by atomic mass is 10.2. The molecule has 0 aromatic heterocycles. The van der Waals surface area contributed by atoms with Crippen LogP contribution >= 0.6 is 7.26 Å². The normalized spacial score (nSPS) is 19.4. The summed E-state index contributed by atoms with van der Waals surface area (Å²) in [6.07, 6.45) is 3.51. The van der Waals surface area contributed by atoms with Crippen LogP contribution < -0.4 is 15.9 Å². The summed E-state index contributed by atoms with van der Waals surface area (Å²) in [5.74, 6) is 0. The largest absolute Gasteiger partial charge is 0.369 e. The highest BCUT2D eigenvalue weighted by atomic mass is 32.2. The second-order valence-electron chi connectivity index (χ2n) is 7.95. The van der Waals surface area contributed by atoms with Gasteiger partial charge in [-0.2, -0.15) is 8.42 Å². The molecule has 6 heteroatoms. The van der Waals surface area contributed by atoms with E-state index in [0.29, 0.717) is 0 Å². The molecular formula is C25H28O4PS+. The molecule has 1 fully saturated rings. The van der Waals surface area contributed by atoms with Crippen molar-refractivity contribution in [3.63, 3.8) is 0 Å². The first-order valence-electron chi connectivity index (χ1n) is 10.5. The number of hydrogen-bond donors (Lipinski definition) is 0. The van der Waals surface area contributed by atoms with Gasteiger partial charge in [-0.25, -0.2) is 0 Å². The number of rotatable bonds is 8. The first kappa shape index (κ1) is 22.2. The van der Waals surface area contributed by atoms with Gasteiger partial charge < -0.3 is 4.74 Å². The van der Waals surface area contributed by atoms with Gasteiger partial charge in [0.05, 0.1) is 31.2 Å². The summed E-state index contributed by atoms with van der Waals surface area (Å²) in [4.78, 5) is 0. The van der Waals surface area contributed by atoms with E-state index in [-0.39, 0.29) is 18.8 Å². The smallest absolute Gasteiger partial charge is 0.264 e. The number of hydrogen-bond acceptors (Lipinski definition) is 4. The third-order valence-corrected chi connectivity index (χ3v) is 10.8. The zero-order chi connectivity index (χ0) is 21.7. The molecular weight excluding hydrogens is 427 g/mol. The van der Waals surface area contributed by atoms with Gasteiger partial charge in [0.25, 0.3) is 10.1 Å². The molecule has 1 saturated heterocycles. The van der Waals surface area contributed by atoms with E-state index in [4.69, 9.17) is 8.92 Å². The van der Waals surface area contributed by atoms with Gasteiger partial charge in [-0.15, -0.1) is 0 Å². The molecule has 4 rings (SSSR count). The zero-order valence-corrected chi connectivity index (χ0v) is 19.3. The molecule has 0 N–H and O–H groups in total. The summed E-state index contributed by atoms with van der Waals surface area (Å²) in [5.41, 5.74) is 0. The van der Waals surface area contributed by atoms with Gasteiger partial charge in [-0.1, -0.05) is 54.6 Å². The molecule has 0 radical (unpaired) electrons. The Morgan fingerprint density at radius 3 is 1.61 bits per heavy atom. The molecule has 0 aliphatic carbocycles. The van der Waals surface area contributed by atoms with Crippen LogP contribution in [0.2, 0.25) is 0 Å². The van der Waals surface area contributed by atoms with Crippen LogP contribution in [0.5, 0.6) is 0 Å². The van der Waals surface area contributed by atoms with Crippen LogP contribution in [0.4, 0.5) is 0 Å². The van der Waals surface area contributed by atoms with Crippen molar-refractivity contribution in [2.45, 2.75) is 25.0 Å². The Hall–Kier alpha value is -2.04. The van der Waals surface area contributed by atoms with E-state index in [0.717, 1.165) is 25.3 Å². The van der Waals surface area contributed by atoms with Crippen molar-refractivity contribution in [3.8, 4) is 0 Å². The average Bonchev–Trinajstić information content (AvgIpc) is 3.25. The summed E-state index contributed by atoms with van der Waals surface area (Å²) in [6, 6.07) is 32.2. The minimum Gasteiger partial charge on any atom is -0.369 e. The summed E-state index contributed by atoms with van der Waals surface area (Å²) >= 11 is 0. The summed E-state index contributed by atoms with van der Waals surface area (Å²) in [7, 11) is -5.43. The van der Waals surface area contributed by atoms with Gasteiger partial charge in [-0.05, 0) is 49.2 Å². The van der Waals surface area contributed by atoms with Crippen molar-refractivity contribution in [2.24, 2.45) is 0 Å². The van der Waals surface area contributed by atoms with E-state index in [1.807, 2.05) is 0 Å². The van der Waals surface area contributed by atoms with Crippen molar-refractivity contribution in [3.05, 3.63) is 91.0 Å². The average molecular weight is 456 g/mol. The molecule has 2 unspecified atom stereocenters. The molecule has 0 spiro atoms. The second-order valence-corrected chi connectivity index (χ2v) is 13.1. The fraction of sp³-hybridized carbons (Fsp3) is 0.280. The first-order chi connectivity index (χ1) is 15.0. The van der Waals surface area contributed by atoms with Crippen molar-refractivity contribution < 1.29 is 17.3 Å². The molecule has 2 atom stereocenters. The Morgan fingerprint density at radius 2 is 1.19 bits per heavy atom. The van der Waals surface area contributed by atoms with Crippen LogP contribution in [0.1, 0.15) is 12.8 Å². The fourth-order valence-electron chi connectivity index (χ4n) is 4.35. The fourth-order valence-corrected chi connectivity index (χ4v) is 9.20. The predicted molar refractivity (Wildman–Crippen MR) is 129 cm³/mol. The molecule has 1 aliphatic rings. The zero-order valence-electron chi connectivity index (χ0n) is 17.6. The maximum atomic E-state index is 11.4. The lowest BCUT2D eigenvalue weighted by molar-refractivity contribution is 0.0298. The monoisotopic (exact) mass is 455 g/mol. The number of ether oxygens (including phenoxy) is 1. The Kier molecular flexibility index (Phi) is 6.88. The molecule has 0 bridgehead atoms. The SMILES string of the molecule is CS(=O)(=O)OCC1CCC(C[P+](c2ccccc2)(c2ccccc2)c2ccccc2)O1. The quantitative estimate of drug-likeness (QED) is 0.385. The molecule has 4 nitrogen and oxygen atoms in total. The van der Waals surface area contributed by atoms with E-state index in [2.05, 4.69) is 91.0 Å². The predicted octanol–water partition coefficient (Wildman–Crippen LogP) is 3.50. The second kappa shape index (κ2) is 9.62. The Bertz CT molecular complexity index is 976. The molecule has 1 aliphatic heterocycles.